The Morgan fingerprint density at radius 1 is 1.16 bits per heavy atom. The minimum atomic E-state index is -0.0960. The highest BCUT2D eigenvalue weighted by Gasteiger charge is 2.15. The number of hydrogen-bond acceptors (Lipinski definition) is 7. The molecule has 0 atom stereocenters. The molecule has 0 fully saturated rings. The summed E-state index contributed by atoms with van der Waals surface area (Å²) in [6, 6.07) is 14.8. The van der Waals surface area contributed by atoms with Crippen molar-refractivity contribution in [1.82, 2.24) is 29.8 Å². The molecule has 2 aromatic heterocycles. The number of halogens is 1. The van der Waals surface area contributed by atoms with Crippen molar-refractivity contribution in [3.05, 3.63) is 69.7 Å². The number of hydrogen-bond donors (Lipinski definition) is 0. The fraction of sp³-hybridized carbons (Fsp3) is 0.318. The van der Waals surface area contributed by atoms with Crippen molar-refractivity contribution in [1.29, 1.82) is 0 Å². The van der Waals surface area contributed by atoms with E-state index in [0.717, 1.165) is 5.69 Å². The standard InChI is InChI=1S/C22H23ClN6O2S/c1-15(2)31-12-6-11-28-21(30)18-10-9-16(23)13-19(18)24-22(28)32-14-20-25-26-27-29(20)17-7-4-3-5-8-17/h3-5,7-10,13,15H,6,11-12,14H2,1-2H3. The van der Waals surface area contributed by atoms with E-state index in [9.17, 15) is 4.79 Å². The van der Waals surface area contributed by atoms with Gasteiger partial charge in [-0.15, -0.1) is 5.10 Å². The predicted octanol–water partition coefficient (Wildman–Crippen LogP) is 4.13. The topological polar surface area (TPSA) is 87.7 Å². The van der Waals surface area contributed by atoms with Crippen molar-refractivity contribution >= 4 is 34.3 Å². The number of rotatable bonds is 9. The zero-order valence-corrected chi connectivity index (χ0v) is 19.4. The van der Waals surface area contributed by atoms with E-state index in [1.165, 1.54) is 11.8 Å². The summed E-state index contributed by atoms with van der Waals surface area (Å²) in [7, 11) is 0. The Morgan fingerprint density at radius 2 is 1.97 bits per heavy atom. The first-order chi connectivity index (χ1) is 15.5. The molecule has 8 nitrogen and oxygen atoms in total. The summed E-state index contributed by atoms with van der Waals surface area (Å²) in [5.41, 5.74) is 1.35. The van der Waals surface area contributed by atoms with Gasteiger partial charge >= 0.3 is 0 Å². The van der Waals surface area contributed by atoms with Gasteiger partial charge in [-0.3, -0.25) is 9.36 Å². The van der Waals surface area contributed by atoms with Gasteiger partial charge in [0.2, 0.25) is 0 Å². The third-order valence-corrected chi connectivity index (χ3v) is 5.93. The first-order valence-corrected chi connectivity index (χ1v) is 11.7. The van der Waals surface area contributed by atoms with Crippen molar-refractivity contribution in [3.63, 3.8) is 0 Å². The molecule has 2 aromatic carbocycles. The molecule has 166 valence electrons. The van der Waals surface area contributed by atoms with Crippen molar-refractivity contribution in [2.75, 3.05) is 6.61 Å². The number of ether oxygens (including phenoxy) is 1. The average Bonchev–Trinajstić information content (AvgIpc) is 3.25. The fourth-order valence-electron chi connectivity index (χ4n) is 3.22. The lowest BCUT2D eigenvalue weighted by molar-refractivity contribution is 0.0743. The summed E-state index contributed by atoms with van der Waals surface area (Å²) < 4.78 is 9.02. The van der Waals surface area contributed by atoms with Gasteiger partial charge in [0, 0.05) is 18.2 Å². The first-order valence-electron chi connectivity index (χ1n) is 10.3. The van der Waals surface area contributed by atoms with Crippen LogP contribution in [-0.2, 0) is 17.0 Å². The number of aromatic nitrogens is 6. The Morgan fingerprint density at radius 3 is 2.75 bits per heavy atom. The van der Waals surface area contributed by atoms with Crippen molar-refractivity contribution < 1.29 is 4.74 Å². The van der Waals surface area contributed by atoms with Gasteiger partial charge in [-0.25, -0.2) is 4.98 Å². The molecule has 0 saturated carbocycles. The molecular formula is C22H23ClN6O2S. The van der Waals surface area contributed by atoms with Crippen LogP contribution in [0.2, 0.25) is 5.02 Å². The number of fused-ring (bicyclic) bond motifs is 1. The van der Waals surface area contributed by atoms with E-state index in [0.29, 0.717) is 52.2 Å². The Kier molecular flexibility index (Phi) is 7.19. The molecule has 0 aliphatic carbocycles. The number of tetrazole rings is 1. The SMILES string of the molecule is CC(C)OCCCn1c(SCc2nnnn2-c2ccccc2)nc2cc(Cl)ccc2c1=O. The van der Waals surface area contributed by atoms with Crippen LogP contribution >= 0.6 is 23.4 Å². The smallest absolute Gasteiger partial charge is 0.262 e. The van der Waals surface area contributed by atoms with Crippen LogP contribution in [0.5, 0.6) is 0 Å². The summed E-state index contributed by atoms with van der Waals surface area (Å²) in [4.78, 5) is 18.0. The number of benzene rings is 2. The molecule has 4 rings (SSSR count). The van der Waals surface area contributed by atoms with Crippen molar-refractivity contribution in [3.8, 4) is 5.69 Å². The molecule has 0 spiro atoms. The van der Waals surface area contributed by atoms with Crippen LogP contribution in [0.4, 0.5) is 0 Å². The molecule has 0 saturated heterocycles. The normalized spacial score (nSPS) is 11.5. The Labute approximate surface area is 194 Å². The molecule has 32 heavy (non-hydrogen) atoms. The second kappa shape index (κ2) is 10.2. The molecule has 0 unspecified atom stereocenters. The minimum Gasteiger partial charge on any atom is -0.379 e. The van der Waals surface area contributed by atoms with E-state index in [4.69, 9.17) is 21.3 Å². The lowest BCUT2D eigenvalue weighted by Gasteiger charge is -2.14. The number of thioether (sulfide) groups is 1. The van der Waals surface area contributed by atoms with Crippen LogP contribution in [0.1, 0.15) is 26.1 Å². The van der Waals surface area contributed by atoms with Crippen LogP contribution in [0.3, 0.4) is 0 Å². The molecule has 0 amide bonds. The van der Waals surface area contributed by atoms with Gasteiger partial charge < -0.3 is 4.74 Å². The van der Waals surface area contributed by atoms with Crippen LogP contribution in [0, 0.1) is 0 Å². The Hall–Kier alpha value is -2.75. The molecule has 0 radical (unpaired) electrons. The van der Waals surface area contributed by atoms with Crippen LogP contribution in [0.25, 0.3) is 16.6 Å². The van der Waals surface area contributed by atoms with Crippen molar-refractivity contribution in [2.45, 2.75) is 43.8 Å². The third kappa shape index (κ3) is 5.17. The summed E-state index contributed by atoms with van der Waals surface area (Å²) in [5, 5.41) is 13.7. The Balaban J connectivity index is 1.63. The van der Waals surface area contributed by atoms with E-state index in [2.05, 4.69) is 15.5 Å². The van der Waals surface area contributed by atoms with Crippen molar-refractivity contribution in [2.24, 2.45) is 0 Å². The predicted molar refractivity (Wildman–Crippen MR) is 125 cm³/mol. The zero-order valence-electron chi connectivity index (χ0n) is 17.8. The molecule has 4 aromatic rings. The number of para-hydroxylation sites is 1. The van der Waals surface area contributed by atoms with E-state index < -0.39 is 0 Å². The lowest BCUT2D eigenvalue weighted by atomic mass is 10.2. The van der Waals surface area contributed by atoms with Gasteiger partial charge in [0.15, 0.2) is 11.0 Å². The largest absolute Gasteiger partial charge is 0.379 e. The average molecular weight is 471 g/mol. The quantitative estimate of drug-likeness (QED) is 0.206. The molecule has 0 aliphatic heterocycles. The molecule has 0 bridgehead atoms. The van der Waals surface area contributed by atoms with E-state index in [-0.39, 0.29) is 11.7 Å². The maximum Gasteiger partial charge on any atom is 0.262 e. The second-order valence-corrected chi connectivity index (χ2v) is 8.80. The first kappa shape index (κ1) is 22.4. The molecule has 10 heteroatoms. The van der Waals surface area contributed by atoms with Gasteiger partial charge in [0.25, 0.3) is 5.56 Å². The highest BCUT2D eigenvalue weighted by Crippen LogP contribution is 2.24. The summed E-state index contributed by atoms with van der Waals surface area (Å²) in [6.07, 6.45) is 0.850. The van der Waals surface area contributed by atoms with Crippen LogP contribution in [-0.4, -0.2) is 42.5 Å². The van der Waals surface area contributed by atoms with E-state index >= 15 is 0 Å². The summed E-state index contributed by atoms with van der Waals surface area (Å²) in [5.74, 6) is 1.11. The van der Waals surface area contributed by atoms with E-state index in [1.807, 2.05) is 44.2 Å². The van der Waals surface area contributed by atoms with Crippen LogP contribution < -0.4 is 5.56 Å². The summed E-state index contributed by atoms with van der Waals surface area (Å²) in [6.45, 7) is 5.06. The van der Waals surface area contributed by atoms with E-state index in [1.54, 1.807) is 27.4 Å². The minimum absolute atomic E-state index is 0.0960. The molecule has 0 aliphatic rings. The second-order valence-electron chi connectivity index (χ2n) is 7.42. The zero-order chi connectivity index (χ0) is 22.5. The lowest BCUT2D eigenvalue weighted by Crippen LogP contribution is -2.24. The van der Waals surface area contributed by atoms with Gasteiger partial charge in [0.1, 0.15) is 0 Å². The maximum absolute atomic E-state index is 13.2. The Bertz CT molecular complexity index is 1260. The van der Waals surface area contributed by atoms with Crippen LogP contribution in [0.15, 0.2) is 58.5 Å². The van der Waals surface area contributed by atoms with Gasteiger partial charge in [0.05, 0.1) is 28.4 Å². The van der Waals surface area contributed by atoms with Gasteiger partial charge in [-0.1, -0.05) is 41.6 Å². The summed E-state index contributed by atoms with van der Waals surface area (Å²) >= 11 is 7.56. The number of nitrogens with zero attached hydrogens (tertiary/aromatic N) is 6. The maximum atomic E-state index is 13.2. The fourth-order valence-corrected chi connectivity index (χ4v) is 4.31. The van der Waals surface area contributed by atoms with Gasteiger partial charge in [-0.05, 0) is 61.0 Å². The molecule has 0 N–H and O–H groups in total. The van der Waals surface area contributed by atoms with Gasteiger partial charge in [-0.2, -0.15) is 4.68 Å². The highest BCUT2D eigenvalue weighted by molar-refractivity contribution is 7.98. The highest BCUT2D eigenvalue weighted by atomic mass is 35.5. The third-order valence-electron chi connectivity index (χ3n) is 4.72. The molecule has 2 heterocycles. The monoisotopic (exact) mass is 470 g/mol. The molecular weight excluding hydrogens is 448 g/mol.